The average molecular weight is 444 g/mol. The lowest BCUT2D eigenvalue weighted by Gasteiger charge is -2.13. The van der Waals surface area contributed by atoms with E-state index in [1.165, 1.54) is 18.2 Å². The molecular formula is C17H10BrClF2N2O3. The highest BCUT2D eigenvalue weighted by Crippen LogP contribution is 2.37. The zero-order valence-corrected chi connectivity index (χ0v) is 15.2. The van der Waals surface area contributed by atoms with E-state index in [1.807, 2.05) is 6.07 Å². The number of carbonyl (C=O) groups excluding carboxylic acids is 1. The van der Waals surface area contributed by atoms with Gasteiger partial charge in [0.1, 0.15) is 5.52 Å². The van der Waals surface area contributed by atoms with E-state index in [0.717, 1.165) is 6.08 Å². The van der Waals surface area contributed by atoms with Gasteiger partial charge in [0.15, 0.2) is 11.3 Å². The van der Waals surface area contributed by atoms with Crippen LogP contribution in [0.15, 0.2) is 51.4 Å². The van der Waals surface area contributed by atoms with Crippen LogP contribution in [0.1, 0.15) is 5.89 Å². The van der Waals surface area contributed by atoms with Gasteiger partial charge in [0.05, 0.1) is 10.2 Å². The van der Waals surface area contributed by atoms with Gasteiger partial charge in [-0.25, -0.2) is 4.98 Å². The third-order valence-electron chi connectivity index (χ3n) is 3.16. The quantitative estimate of drug-likeness (QED) is 0.529. The fourth-order valence-corrected chi connectivity index (χ4v) is 3.05. The SMILES string of the molecule is O=C(/C=C/c1nc2ccccc2o1)Nc1cc(Cl)cc(Br)c1OC(F)F. The second-order valence-electron chi connectivity index (χ2n) is 4.99. The maximum absolute atomic E-state index is 12.6. The van der Waals surface area contributed by atoms with Gasteiger partial charge in [0, 0.05) is 17.2 Å². The van der Waals surface area contributed by atoms with Crippen LogP contribution < -0.4 is 10.1 Å². The number of para-hydroxylation sites is 2. The van der Waals surface area contributed by atoms with Crippen molar-refractivity contribution in [3.05, 3.63) is 57.9 Å². The van der Waals surface area contributed by atoms with Crippen LogP contribution in [0.2, 0.25) is 5.02 Å². The zero-order valence-electron chi connectivity index (χ0n) is 12.9. The molecule has 9 heteroatoms. The van der Waals surface area contributed by atoms with Gasteiger partial charge < -0.3 is 14.5 Å². The molecule has 3 aromatic rings. The molecule has 2 aromatic carbocycles. The molecule has 0 aliphatic heterocycles. The first-order chi connectivity index (χ1) is 12.4. The number of nitrogens with one attached hydrogen (secondary N) is 1. The number of nitrogens with zero attached hydrogens (tertiary/aromatic N) is 1. The van der Waals surface area contributed by atoms with Crippen LogP contribution in [0.4, 0.5) is 14.5 Å². The highest BCUT2D eigenvalue weighted by atomic mass is 79.9. The van der Waals surface area contributed by atoms with Crippen molar-refractivity contribution >= 4 is 56.3 Å². The van der Waals surface area contributed by atoms with Crippen LogP contribution in [0.3, 0.4) is 0 Å². The number of fused-ring (bicyclic) bond motifs is 1. The van der Waals surface area contributed by atoms with Gasteiger partial charge in [0.2, 0.25) is 11.8 Å². The molecule has 0 spiro atoms. The van der Waals surface area contributed by atoms with E-state index in [9.17, 15) is 13.6 Å². The van der Waals surface area contributed by atoms with Crippen molar-refractivity contribution in [2.45, 2.75) is 6.61 Å². The van der Waals surface area contributed by atoms with Gasteiger partial charge in [0.25, 0.3) is 0 Å². The largest absolute Gasteiger partial charge is 0.437 e. The number of hydrogen-bond acceptors (Lipinski definition) is 4. The van der Waals surface area contributed by atoms with Crippen molar-refractivity contribution in [2.75, 3.05) is 5.32 Å². The predicted molar refractivity (Wildman–Crippen MR) is 97.5 cm³/mol. The Hall–Kier alpha value is -2.45. The number of amides is 1. The number of alkyl halides is 2. The molecule has 1 N–H and O–H groups in total. The number of rotatable bonds is 5. The molecule has 0 bridgehead atoms. The third kappa shape index (κ3) is 4.39. The predicted octanol–water partition coefficient (Wildman–Crippen LogP) is 5.50. The van der Waals surface area contributed by atoms with E-state index in [0.29, 0.717) is 11.1 Å². The van der Waals surface area contributed by atoms with Crippen molar-refractivity contribution in [3.8, 4) is 5.75 Å². The fraction of sp³-hybridized carbons (Fsp3) is 0.0588. The van der Waals surface area contributed by atoms with Crippen LogP contribution in [0.5, 0.6) is 5.75 Å². The normalized spacial score (nSPS) is 11.4. The number of aromatic nitrogens is 1. The van der Waals surface area contributed by atoms with Gasteiger partial charge in [-0.05, 0) is 40.2 Å². The summed E-state index contributed by atoms with van der Waals surface area (Å²) < 4.78 is 35.2. The van der Waals surface area contributed by atoms with E-state index < -0.39 is 12.5 Å². The first-order valence-electron chi connectivity index (χ1n) is 7.21. The second-order valence-corrected chi connectivity index (χ2v) is 6.28. The highest BCUT2D eigenvalue weighted by molar-refractivity contribution is 9.10. The maximum Gasteiger partial charge on any atom is 0.387 e. The molecule has 5 nitrogen and oxygen atoms in total. The highest BCUT2D eigenvalue weighted by Gasteiger charge is 2.16. The van der Waals surface area contributed by atoms with Crippen LogP contribution in [-0.4, -0.2) is 17.5 Å². The van der Waals surface area contributed by atoms with E-state index in [1.54, 1.807) is 18.2 Å². The van der Waals surface area contributed by atoms with Crippen LogP contribution in [0, 0.1) is 0 Å². The molecule has 26 heavy (non-hydrogen) atoms. The summed E-state index contributed by atoms with van der Waals surface area (Å²) in [5.41, 5.74) is 1.23. The Balaban J connectivity index is 1.79. The summed E-state index contributed by atoms with van der Waals surface area (Å²) in [6.07, 6.45) is 2.52. The molecule has 0 saturated carbocycles. The van der Waals surface area contributed by atoms with Gasteiger partial charge >= 0.3 is 6.61 Å². The molecule has 0 saturated heterocycles. The number of anilines is 1. The van der Waals surface area contributed by atoms with Crippen LogP contribution >= 0.6 is 27.5 Å². The maximum atomic E-state index is 12.6. The lowest BCUT2D eigenvalue weighted by molar-refractivity contribution is -0.111. The lowest BCUT2D eigenvalue weighted by atomic mass is 10.3. The standard InChI is InChI=1S/C17H10BrClF2N2O3/c18-10-7-9(19)8-12(16(10)26-17(20)21)22-14(24)5-6-15-23-11-3-1-2-4-13(11)25-15/h1-8,17H,(H,22,24)/b6-5+. The van der Waals surface area contributed by atoms with E-state index in [-0.39, 0.29) is 26.8 Å². The summed E-state index contributed by atoms with van der Waals surface area (Å²) in [5.74, 6) is -0.591. The molecule has 3 rings (SSSR count). The molecule has 0 fully saturated rings. The molecule has 1 aromatic heterocycles. The van der Waals surface area contributed by atoms with Gasteiger partial charge in [-0.15, -0.1) is 0 Å². The van der Waals surface area contributed by atoms with Gasteiger partial charge in [-0.2, -0.15) is 8.78 Å². The summed E-state index contributed by atoms with van der Waals surface area (Å²) in [6, 6.07) is 9.81. The molecule has 0 unspecified atom stereocenters. The molecule has 1 heterocycles. The number of ether oxygens (including phenoxy) is 1. The Morgan fingerprint density at radius 1 is 1.35 bits per heavy atom. The Labute approximate surface area is 159 Å². The van der Waals surface area contributed by atoms with Crippen LogP contribution in [0.25, 0.3) is 17.2 Å². The van der Waals surface area contributed by atoms with Crippen molar-refractivity contribution < 1.29 is 22.7 Å². The number of hydrogen-bond donors (Lipinski definition) is 1. The monoisotopic (exact) mass is 442 g/mol. The number of halogens is 4. The summed E-state index contributed by atoms with van der Waals surface area (Å²) >= 11 is 8.97. The smallest absolute Gasteiger partial charge is 0.387 e. The van der Waals surface area contributed by atoms with Crippen molar-refractivity contribution in [3.63, 3.8) is 0 Å². The molecule has 0 aliphatic rings. The minimum Gasteiger partial charge on any atom is -0.437 e. The molecule has 0 atom stereocenters. The molecule has 1 amide bonds. The van der Waals surface area contributed by atoms with Crippen LogP contribution in [-0.2, 0) is 4.79 Å². The van der Waals surface area contributed by atoms with Crippen molar-refractivity contribution in [1.29, 1.82) is 0 Å². The molecule has 0 radical (unpaired) electrons. The fourth-order valence-electron chi connectivity index (χ4n) is 2.14. The molecular weight excluding hydrogens is 434 g/mol. The molecule has 134 valence electrons. The minimum atomic E-state index is -3.06. The first kappa shape index (κ1) is 18.3. The van der Waals surface area contributed by atoms with E-state index in [2.05, 4.69) is 31.0 Å². The second kappa shape index (κ2) is 7.84. The molecule has 0 aliphatic carbocycles. The Kier molecular flexibility index (Phi) is 5.53. The summed E-state index contributed by atoms with van der Waals surface area (Å²) in [4.78, 5) is 16.3. The van der Waals surface area contributed by atoms with E-state index in [4.69, 9.17) is 16.0 Å². The summed E-state index contributed by atoms with van der Waals surface area (Å²) in [7, 11) is 0. The van der Waals surface area contributed by atoms with Gasteiger partial charge in [-0.1, -0.05) is 23.7 Å². The lowest BCUT2D eigenvalue weighted by Crippen LogP contribution is -2.11. The number of carbonyl (C=O) groups is 1. The Morgan fingerprint density at radius 3 is 2.85 bits per heavy atom. The Bertz CT molecular complexity index is 958. The number of benzene rings is 2. The topological polar surface area (TPSA) is 64.4 Å². The van der Waals surface area contributed by atoms with Crippen molar-refractivity contribution in [2.24, 2.45) is 0 Å². The van der Waals surface area contributed by atoms with Crippen molar-refractivity contribution in [1.82, 2.24) is 4.98 Å². The summed E-state index contributed by atoms with van der Waals surface area (Å²) in [5, 5.41) is 2.67. The number of oxazole rings is 1. The third-order valence-corrected chi connectivity index (χ3v) is 3.97. The average Bonchev–Trinajstić information content (AvgIpc) is 2.99. The zero-order chi connectivity index (χ0) is 18.7. The minimum absolute atomic E-state index is 0.00288. The Morgan fingerprint density at radius 2 is 2.12 bits per heavy atom. The summed E-state index contributed by atoms with van der Waals surface area (Å²) in [6.45, 7) is -3.06. The van der Waals surface area contributed by atoms with Gasteiger partial charge in [-0.3, -0.25) is 4.79 Å². The first-order valence-corrected chi connectivity index (χ1v) is 8.38. The van der Waals surface area contributed by atoms with E-state index >= 15 is 0 Å².